The first-order chi connectivity index (χ1) is 9.00. The zero-order valence-electron chi connectivity index (χ0n) is 12.8. The number of hydrogen-bond acceptors (Lipinski definition) is 3. The van der Waals surface area contributed by atoms with Gasteiger partial charge in [-0.05, 0) is 23.3 Å². The first kappa shape index (κ1) is 15.0. The van der Waals surface area contributed by atoms with Crippen molar-refractivity contribution in [3.05, 3.63) is 22.4 Å². The summed E-state index contributed by atoms with van der Waals surface area (Å²) in [5.74, 6) is 0. The molecule has 0 spiro atoms. The van der Waals surface area contributed by atoms with Gasteiger partial charge in [-0.1, -0.05) is 40.2 Å². The fourth-order valence-corrected chi connectivity index (χ4v) is 3.78. The van der Waals surface area contributed by atoms with Gasteiger partial charge in [0.05, 0.1) is 0 Å². The van der Waals surface area contributed by atoms with Gasteiger partial charge in [0.2, 0.25) is 0 Å². The van der Waals surface area contributed by atoms with Crippen LogP contribution in [0, 0.1) is 5.41 Å². The van der Waals surface area contributed by atoms with E-state index in [1.165, 1.54) is 24.3 Å². The summed E-state index contributed by atoms with van der Waals surface area (Å²) in [6, 6.07) is 5.73. The molecule has 1 N–H and O–H groups in total. The third kappa shape index (κ3) is 4.04. The van der Waals surface area contributed by atoms with Crippen LogP contribution in [-0.2, 0) is 6.54 Å². The second kappa shape index (κ2) is 6.38. The van der Waals surface area contributed by atoms with Gasteiger partial charge in [-0.25, -0.2) is 0 Å². The van der Waals surface area contributed by atoms with Crippen molar-refractivity contribution in [3.8, 4) is 0 Å². The Kier molecular flexibility index (Phi) is 5.04. The molecule has 2 heterocycles. The Morgan fingerprint density at radius 1 is 1.42 bits per heavy atom. The average molecular weight is 280 g/mol. The summed E-state index contributed by atoms with van der Waals surface area (Å²) >= 11 is 1.88. The standard InChI is InChI=1S/C16H28N2S/c1-5-7-13-11-18(12-14-8-6-9-19-14)15(10-17-13)16(2,3)4/h6,8-9,13,15,17H,5,7,10-12H2,1-4H3. The van der Waals surface area contributed by atoms with Crippen LogP contribution in [0.4, 0.5) is 0 Å². The van der Waals surface area contributed by atoms with E-state index in [0.29, 0.717) is 17.5 Å². The van der Waals surface area contributed by atoms with Gasteiger partial charge in [0.25, 0.3) is 0 Å². The Morgan fingerprint density at radius 2 is 2.21 bits per heavy atom. The van der Waals surface area contributed by atoms with Gasteiger partial charge < -0.3 is 5.32 Å². The lowest BCUT2D eigenvalue weighted by atomic mass is 9.83. The third-order valence-corrected chi connectivity index (χ3v) is 4.93. The highest BCUT2D eigenvalue weighted by molar-refractivity contribution is 7.09. The summed E-state index contributed by atoms with van der Waals surface area (Å²) in [6.45, 7) is 12.8. The third-order valence-electron chi connectivity index (χ3n) is 4.07. The fraction of sp³-hybridized carbons (Fsp3) is 0.750. The molecular formula is C16H28N2S. The highest BCUT2D eigenvalue weighted by Crippen LogP contribution is 2.29. The zero-order valence-corrected chi connectivity index (χ0v) is 13.6. The van der Waals surface area contributed by atoms with E-state index >= 15 is 0 Å². The number of thiophene rings is 1. The lowest BCUT2D eigenvalue weighted by Gasteiger charge is -2.46. The lowest BCUT2D eigenvalue weighted by Crippen LogP contribution is -2.60. The minimum absolute atomic E-state index is 0.335. The van der Waals surface area contributed by atoms with E-state index in [-0.39, 0.29) is 0 Å². The van der Waals surface area contributed by atoms with Crippen LogP contribution >= 0.6 is 11.3 Å². The summed E-state index contributed by atoms with van der Waals surface area (Å²) in [6.07, 6.45) is 2.56. The predicted molar refractivity (Wildman–Crippen MR) is 84.7 cm³/mol. The Bertz CT molecular complexity index is 367. The van der Waals surface area contributed by atoms with E-state index in [1.807, 2.05) is 11.3 Å². The second-order valence-electron chi connectivity index (χ2n) is 6.78. The maximum atomic E-state index is 3.75. The van der Waals surface area contributed by atoms with Crippen molar-refractivity contribution < 1.29 is 0 Å². The van der Waals surface area contributed by atoms with Crippen molar-refractivity contribution in [2.45, 2.75) is 59.2 Å². The predicted octanol–water partition coefficient (Wildman–Crippen LogP) is 3.74. The monoisotopic (exact) mass is 280 g/mol. The van der Waals surface area contributed by atoms with Gasteiger partial charge in [-0.15, -0.1) is 11.3 Å². The van der Waals surface area contributed by atoms with Gasteiger partial charge in [0, 0.05) is 36.6 Å². The Hall–Kier alpha value is -0.380. The summed E-state index contributed by atoms with van der Waals surface area (Å²) < 4.78 is 0. The average Bonchev–Trinajstić information content (AvgIpc) is 2.81. The molecule has 1 aliphatic heterocycles. The van der Waals surface area contributed by atoms with Gasteiger partial charge in [-0.3, -0.25) is 4.90 Å². The molecular weight excluding hydrogens is 252 g/mol. The Labute approximate surface area is 122 Å². The minimum atomic E-state index is 0.335. The minimum Gasteiger partial charge on any atom is -0.311 e. The van der Waals surface area contributed by atoms with Crippen molar-refractivity contribution in [2.75, 3.05) is 13.1 Å². The number of nitrogens with zero attached hydrogens (tertiary/aromatic N) is 1. The first-order valence-electron chi connectivity index (χ1n) is 7.50. The van der Waals surface area contributed by atoms with Crippen LogP contribution < -0.4 is 5.32 Å². The van der Waals surface area contributed by atoms with E-state index in [1.54, 1.807) is 0 Å². The smallest absolute Gasteiger partial charge is 0.0332 e. The molecule has 2 unspecified atom stereocenters. The van der Waals surface area contributed by atoms with Crippen molar-refractivity contribution in [2.24, 2.45) is 5.41 Å². The SMILES string of the molecule is CCCC1CN(Cc2cccs2)C(C(C)(C)C)CN1. The quantitative estimate of drug-likeness (QED) is 0.904. The van der Waals surface area contributed by atoms with Crippen LogP contribution in [-0.4, -0.2) is 30.1 Å². The summed E-state index contributed by atoms with van der Waals surface area (Å²) in [4.78, 5) is 4.19. The molecule has 0 radical (unpaired) electrons. The molecule has 19 heavy (non-hydrogen) atoms. The molecule has 2 atom stereocenters. The molecule has 2 rings (SSSR count). The van der Waals surface area contributed by atoms with Gasteiger partial charge in [-0.2, -0.15) is 0 Å². The van der Waals surface area contributed by atoms with Crippen LogP contribution in [0.5, 0.6) is 0 Å². The molecule has 1 saturated heterocycles. The number of nitrogens with one attached hydrogen (secondary N) is 1. The highest BCUT2D eigenvalue weighted by atomic mass is 32.1. The molecule has 108 valence electrons. The van der Waals surface area contributed by atoms with Crippen LogP contribution in [0.2, 0.25) is 0 Å². The molecule has 1 aliphatic rings. The first-order valence-corrected chi connectivity index (χ1v) is 8.38. The molecule has 0 saturated carbocycles. The van der Waals surface area contributed by atoms with Crippen molar-refractivity contribution in [3.63, 3.8) is 0 Å². The second-order valence-corrected chi connectivity index (χ2v) is 7.82. The normalized spacial score (nSPS) is 25.7. The van der Waals surface area contributed by atoms with E-state index in [0.717, 1.165) is 13.1 Å². The molecule has 1 fully saturated rings. The van der Waals surface area contributed by atoms with E-state index in [4.69, 9.17) is 0 Å². The van der Waals surface area contributed by atoms with E-state index in [9.17, 15) is 0 Å². The number of hydrogen-bond donors (Lipinski definition) is 1. The topological polar surface area (TPSA) is 15.3 Å². The van der Waals surface area contributed by atoms with Crippen LogP contribution in [0.25, 0.3) is 0 Å². The van der Waals surface area contributed by atoms with E-state index in [2.05, 4.69) is 55.4 Å². The van der Waals surface area contributed by atoms with Crippen LogP contribution in [0.3, 0.4) is 0 Å². The zero-order chi connectivity index (χ0) is 13.9. The van der Waals surface area contributed by atoms with Crippen LogP contribution in [0.15, 0.2) is 17.5 Å². The van der Waals surface area contributed by atoms with Gasteiger partial charge >= 0.3 is 0 Å². The number of piperazine rings is 1. The van der Waals surface area contributed by atoms with Gasteiger partial charge in [0.15, 0.2) is 0 Å². The lowest BCUT2D eigenvalue weighted by molar-refractivity contribution is 0.0482. The molecule has 3 heteroatoms. The highest BCUT2D eigenvalue weighted by Gasteiger charge is 2.35. The fourth-order valence-electron chi connectivity index (χ4n) is 3.06. The molecule has 0 aliphatic carbocycles. The molecule has 1 aromatic heterocycles. The largest absolute Gasteiger partial charge is 0.311 e. The summed E-state index contributed by atoms with van der Waals surface area (Å²) in [5, 5.41) is 5.94. The Balaban J connectivity index is 2.06. The molecule has 2 nitrogen and oxygen atoms in total. The molecule has 0 aromatic carbocycles. The van der Waals surface area contributed by atoms with Crippen molar-refractivity contribution >= 4 is 11.3 Å². The van der Waals surface area contributed by atoms with Gasteiger partial charge in [0.1, 0.15) is 0 Å². The number of rotatable bonds is 4. The maximum absolute atomic E-state index is 3.75. The molecule has 0 bridgehead atoms. The van der Waals surface area contributed by atoms with Crippen molar-refractivity contribution in [1.82, 2.24) is 10.2 Å². The molecule has 0 amide bonds. The molecule has 1 aromatic rings. The maximum Gasteiger partial charge on any atom is 0.0332 e. The van der Waals surface area contributed by atoms with E-state index < -0.39 is 0 Å². The summed E-state index contributed by atoms with van der Waals surface area (Å²) in [5.41, 5.74) is 0.335. The van der Waals surface area contributed by atoms with Crippen LogP contribution in [0.1, 0.15) is 45.4 Å². The summed E-state index contributed by atoms with van der Waals surface area (Å²) in [7, 11) is 0. The Morgan fingerprint density at radius 3 is 2.79 bits per heavy atom. The van der Waals surface area contributed by atoms with Crippen molar-refractivity contribution in [1.29, 1.82) is 0 Å².